The van der Waals surface area contributed by atoms with Crippen LogP contribution in [-0.2, 0) is 0 Å². The van der Waals surface area contributed by atoms with E-state index in [0.717, 1.165) is 24.7 Å². The molecule has 0 heterocycles. The van der Waals surface area contributed by atoms with Crippen molar-refractivity contribution in [2.45, 2.75) is 13.8 Å². The Kier molecular flexibility index (Phi) is 6.28. The van der Waals surface area contributed by atoms with Crippen LogP contribution in [0.25, 0.3) is 0 Å². The van der Waals surface area contributed by atoms with Crippen molar-refractivity contribution in [3.8, 4) is 11.5 Å². The molecule has 0 unspecified atom stereocenters. The van der Waals surface area contributed by atoms with Crippen molar-refractivity contribution in [3.63, 3.8) is 0 Å². The first kappa shape index (κ1) is 16.1. The van der Waals surface area contributed by atoms with Gasteiger partial charge in [-0.15, -0.1) is 0 Å². The van der Waals surface area contributed by atoms with E-state index >= 15 is 0 Å². The molecule has 0 aliphatic carbocycles. The highest BCUT2D eigenvalue weighted by Gasteiger charge is 2.14. The zero-order valence-corrected chi connectivity index (χ0v) is 17.7. The molecule has 2 aromatic carbocycles. The Labute approximate surface area is 133 Å². The first-order valence-corrected chi connectivity index (χ1v) is 17.8. The van der Waals surface area contributed by atoms with Crippen LogP contribution in [0.3, 0.4) is 0 Å². The first-order valence-electron chi connectivity index (χ1n) is 7.74. The smallest absolute Gasteiger partial charge is 0.119 e. The Bertz CT molecular complexity index is 491. The quantitative estimate of drug-likeness (QED) is 0.652. The van der Waals surface area contributed by atoms with Gasteiger partial charge in [-0.3, -0.25) is 0 Å². The number of hydrogen-bond donors (Lipinski definition) is 0. The van der Waals surface area contributed by atoms with Gasteiger partial charge < -0.3 is 9.47 Å². The van der Waals surface area contributed by atoms with E-state index in [1.54, 1.807) is 10.4 Å². The second-order valence-electron chi connectivity index (χ2n) is 4.96. The highest BCUT2D eigenvalue weighted by atomic mass is 29.5. The highest BCUT2D eigenvalue weighted by Crippen LogP contribution is 2.09. The molecule has 2 aromatic rings. The van der Waals surface area contributed by atoms with Crippen LogP contribution in [0, 0.1) is 0 Å². The molecule has 0 radical (unpaired) electrons. The molecular weight excluding hydrogens is 308 g/mol. The number of ether oxygens (including phenoxy) is 2. The van der Waals surface area contributed by atoms with E-state index < -0.39 is 8.31 Å². The van der Waals surface area contributed by atoms with Crippen molar-refractivity contribution in [1.29, 1.82) is 0 Å². The molecule has 2 nitrogen and oxygen atoms in total. The summed E-state index contributed by atoms with van der Waals surface area (Å²) in [5.41, 5.74) is 0. The Hall–Kier alpha value is -1.31. The molecule has 112 valence electrons. The van der Waals surface area contributed by atoms with Gasteiger partial charge in [0.2, 0.25) is 0 Å². The minimum Gasteiger partial charge on any atom is -0.494 e. The predicted molar refractivity (Wildman–Crippen MR) is 100 cm³/mol. The summed E-state index contributed by atoms with van der Waals surface area (Å²) in [5, 5.41) is 3.12. The van der Waals surface area contributed by atoms with Crippen LogP contribution in [0.5, 0.6) is 11.5 Å². The fourth-order valence-electron chi connectivity index (χ4n) is 2.59. The maximum Gasteiger partial charge on any atom is 0.119 e. The summed E-state index contributed by atoms with van der Waals surface area (Å²) >= 11 is 0. The Morgan fingerprint density at radius 3 is 1.48 bits per heavy atom. The lowest BCUT2D eigenvalue weighted by molar-refractivity contribution is 0.340. The lowest BCUT2D eigenvalue weighted by Crippen LogP contribution is -2.47. The van der Waals surface area contributed by atoms with Crippen molar-refractivity contribution in [1.82, 2.24) is 0 Å². The number of rotatable bonds is 7. The average molecular weight is 333 g/mol. The molecule has 0 aliphatic rings. The molecule has 0 aromatic heterocycles. The molecule has 0 bridgehead atoms. The summed E-state index contributed by atoms with van der Waals surface area (Å²) in [4.78, 5) is 0. The van der Waals surface area contributed by atoms with Gasteiger partial charge in [-0.25, -0.2) is 0 Å². The van der Waals surface area contributed by atoms with Gasteiger partial charge in [0.25, 0.3) is 0 Å². The summed E-state index contributed by atoms with van der Waals surface area (Å²) in [5.74, 6) is 1.96. The van der Waals surface area contributed by atoms with Gasteiger partial charge in [0, 0.05) is 8.55 Å². The third kappa shape index (κ3) is 4.33. The van der Waals surface area contributed by atoms with Crippen molar-refractivity contribution in [2.75, 3.05) is 13.2 Å². The maximum atomic E-state index is 5.54. The van der Waals surface area contributed by atoms with Gasteiger partial charge in [-0.2, -0.15) is 0 Å². The van der Waals surface area contributed by atoms with Gasteiger partial charge in [0.15, 0.2) is 0 Å². The zero-order valence-electron chi connectivity index (χ0n) is 13.1. The molecule has 5 heteroatoms. The minimum atomic E-state index is -0.921. The zero-order chi connectivity index (χ0) is 15.1. The van der Waals surface area contributed by atoms with Crippen LogP contribution >= 0.6 is 0 Å². The van der Waals surface area contributed by atoms with E-state index in [9.17, 15) is 0 Å². The van der Waals surface area contributed by atoms with Gasteiger partial charge in [-0.1, -0.05) is 34.6 Å². The van der Waals surface area contributed by atoms with Crippen LogP contribution in [0.4, 0.5) is 0 Å². The summed E-state index contributed by atoms with van der Waals surface area (Å²) in [6.07, 6.45) is 0. The van der Waals surface area contributed by atoms with Crippen molar-refractivity contribution >= 4 is 37.0 Å². The lowest BCUT2D eigenvalue weighted by Gasteiger charge is -2.15. The molecule has 0 aliphatic heterocycles. The number of hydrogen-bond acceptors (Lipinski definition) is 2. The predicted octanol–water partition coefficient (Wildman–Crippen LogP) is -0.229. The molecule has 0 amide bonds. The third-order valence-electron chi connectivity index (χ3n) is 3.60. The second kappa shape index (κ2) is 8.21. The molecular formula is C16H24O2Si3. The third-order valence-corrected chi connectivity index (χ3v) is 19.4. The second-order valence-corrected chi connectivity index (χ2v) is 20.5. The normalized spacial score (nSPS) is 11.4. The fourth-order valence-corrected chi connectivity index (χ4v) is 18.2. The average Bonchev–Trinajstić information content (AvgIpc) is 2.52. The van der Waals surface area contributed by atoms with Crippen molar-refractivity contribution < 1.29 is 9.47 Å². The lowest BCUT2D eigenvalue weighted by atomic mass is 10.3. The Morgan fingerprint density at radius 2 is 1.19 bits per heavy atom. The van der Waals surface area contributed by atoms with Gasteiger partial charge in [0.1, 0.15) is 11.5 Å². The van der Waals surface area contributed by atoms with E-state index in [0.29, 0.717) is 0 Å². The van der Waals surface area contributed by atoms with Crippen molar-refractivity contribution in [2.24, 2.45) is 0 Å². The maximum absolute atomic E-state index is 5.54. The van der Waals surface area contributed by atoms with E-state index in [1.165, 1.54) is 9.76 Å². The summed E-state index contributed by atoms with van der Waals surface area (Å²) in [7, 11) is 0.538. The van der Waals surface area contributed by atoms with Crippen molar-refractivity contribution in [3.05, 3.63) is 48.5 Å². The van der Waals surface area contributed by atoms with Crippen LogP contribution < -0.4 is 19.8 Å². The summed E-state index contributed by atoms with van der Waals surface area (Å²) in [6, 6.07) is 17.6. The Morgan fingerprint density at radius 1 is 0.810 bits per heavy atom. The van der Waals surface area contributed by atoms with Crippen LogP contribution in [0.15, 0.2) is 48.5 Å². The van der Waals surface area contributed by atoms with E-state index in [1.807, 2.05) is 13.8 Å². The molecule has 0 atom stereocenters. The summed E-state index contributed by atoms with van der Waals surface area (Å²) < 4.78 is 11.1. The van der Waals surface area contributed by atoms with Gasteiger partial charge in [0.05, 0.1) is 21.5 Å². The minimum absolute atomic E-state index is 0.0800. The monoisotopic (exact) mass is 332 g/mol. The van der Waals surface area contributed by atoms with Gasteiger partial charge in [-0.05, 0) is 47.9 Å². The molecule has 0 saturated heterocycles. The van der Waals surface area contributed by atoms with E-state index in [-0.39, 0.29) is 8.55 Å². The van der Waals surface area contributed by atoms with Crippen LogP contribution in [0.2, 0.25) is 0 Å². The molecule has 0 spiro atoms. The molecule has 0 fully saturated rings. The van der Waals surface area contributed by atoms with Gasteiger partial charge >= 0.3 is 0 Å². The van der Waals surface area contributed by atoms with E-state index in [4.69, 9.17) is 9.47 Å². The summed E-state index contributed by atoms with van der Waals surface area (Å²) in [6.45, 7) is 5.51. The standard InChI is InChI=1S/C16H24O2Si3/c1-3-17-13-5-9-15(10-6-13)21(20-19)16-11-7-14(8-12-16)18-4-2/h5-12,21H,3-4,20H2,1-2,19H3. The fraction of sp³-hybridized carbons (Fsp3) is 0.250. The SMILES string of the molecule is CCOc1ccc([SiH]([SiH2][SiH3])c2ccc(OCC)cc2)cc1. The topological polar surface area (TPSA) is 18.5 Å². The molecule has 0 N–H and O–H groups in total. The Balaban J connectivity index is 2.18. The van der Waals surface area contributed by atoms with Crippen LogP contribution in [0.1, 0.15) is 13.8 Å². The molecule has 2 rings (SSSR count). The highest BCUT2D eigenvalue weighted by molar-refractivity contribution is 7.39. The van der Waals surface area contributed by atoms with E-state index in [2.05, 4.69) is 48.5 Å². The van der Waals surface area contributed by atoms with Crippen LogP contribution in [-0.4, -0.2) is 39.8 Å². The first-order chi connectivity index (χ1) is 10.3. The molecule has 21 heavy (non-hydrogen) atoms. The largest absolute Gasteiger partial charge is 0.494 e. The molecule has 0 saturated carbocycles. The number of benzene rings is 2.